The molecule has 0 aromatic heterocycles. The highest BCUT2D eigenvalue weighted by Gasteiger charge is 2.20. The van der Waals surface area contributed by atoms with E-state index in [2.05, 4.69) is 73.0 Å². The molecule has 2 heterocycles. The first-order chi connectivity index (χ1) is 15.1. The van der Waals surface area contributed by atoms with Gasteiger partial charge >= 0.3 is 0 Å². The summed E-state index contributed by atoms with van der Waals surface area (Å²) in [6.45, 7) is 13.4. The highest BCUT2D eigenvalue weighted by Crippen LogP contribution is 2.29. The van der Waals surface area contributed by atoms with E-state index in [0.717, 1.165) is 37.8 Å². The monoisotopic (exact) mass is 420 g/mol. The fourth-order valence-corrected chi connectivity index (χ4v) is 5.19. The Morgan fingerprint density at radius 2 is 1.84 bits per heavy atom. The topological polar surface area (TPSA) is 15.7 Å². The first-order valence-corrected chi connectivity index (χ1v) is 12.4. The van der Waals surface area contributed by atoms with Gasteiger partial charge in [0.25, 0.3) is 0 Å². The largest absolute Gasteiger partial charge is 0.494 e. The molecule has 1 saturated heterocycles. The van der Waals surface area contributed by atoms with Gasteiger partial charge in [-0.1, -0.05) is 35.9 Å². The lowest BCUT2D eigenvalue weighted by molar-refractivity contribution is 0.192. The van der Waals surface area contributed by atoms with Crippen molar-refractivity contribution < 1.29 is 4.74 Å². The zero-order valence-electron chi connectivity index (χ0n) is 19.8. The SMILES string of the molecule is Cc1cccc(C2CCN(CCCOc3ccc4c(c3)CN(C(C)C)CCC4)CC2)c1. The van der Waals surface area contributed by atoms with E-state index < -0.39 is 0 Å². The van der Waals surface area contributed by atoms with E-state index >= 15 is 0 Å². The van der Waals surface area contributed by atoms with Crippen LogP contribution in [-0.2, 0) is 13.0 Å². The van der Waals surface area contributed by atoms with E-state index in [1.807, 2.05) is 0 Å². The molecule has 0 aliphatic carbocycles. The molecule has 2 aliphatic heterocycles. The molecule has 2 aliphatic rings. The Bertz CT molecular complexity index is 839. The standard InChI is InChI=1S/C28H40N2O/c1-22(2)30-15-5-9-24-10-11-28(20-27(24)21-30)31-18-6-14-29-16-12-25(13-17-29)26-8-4-7-23(3)19-26/h4,7-8,10-11,19-20,22,25H,5-6,9,12-18,21H2,1-3H3. The van der Waals surface area contributed by atoms with Crippen LogP contribution in [0.5, 0.6) is 5.75 Å². The maximum atomic E-state index is 6.16. The van der Waals surface area contributed by atoms with Gasteiger partial charge in [0.05, 0.1) is 6.61 Å². The van der Waals surface area contributed by atoms with Crippen molar-refractivity contribution >= 4 is 0 Å². The van der Waals surface area contributed by atoms with Crippen molar-refractivity contribution in [3.8, 4) is 5.75 Å². The zero-order chi connectivity index (χ0) is 21.6. The van der Waals surface area contributed by atoms with E-state index in [9.17, 15) is 0 Å². The number of piperidine rings is 1. The fourth-order valence-electron chi connectivity index (χ4n) is 5.19. The van der Waals surface area contributed by atoms with Gasteiger partial charge in [-0.3, -0.25) is 4.90 Å². The number of nitrogens with zero attached hydrogens (tertiary/aromatic N) is 2. The van der Waals surface area contributed by atoms with Crippen LogP contribution >= 0.6 is 0 Å². The van der Waals surface area contributed by atoms with Crippen molar-refractivity contribution in [2.45, 2.75) is 71.4 Å². The second kappa shape index (κ2) is 10.7. The van der Waals surface area contributed by atoms with Crippen LogP contribution in [0.2, 0.25) is 0 Å². The predicted octanol–water partition coefficient (Wildman–Crippen LogP) is 5.80. The molecule has 31 heavy (non-hydrogen) atoms. The number of ether oxygens (including phenoxy) is 1. The maximum absolute atomic E-state index is 6.16. The van der Waals surface area contributed by atoms with E-state index in [0.29, 0.717) is 6.04 Å². The van der Waals surface area contributed by atoms with Crippen LogP contribution in [-0.4, -0.2) is 48.6 Å². The van der Waals surface area contributed by atoms with Gasteiger partial charge in [0.15, 0.2) is 0 Å². The van der Waals surface area contributed by atoms with Gasteiger partial charge in [0, 0.05) is 19.1 Å². The smallest absolute Gasteiger partial charge is 0.119 e. The van der Waals surface area contributed by atoms with Gasteiger partial charge in [0.2, 0.25) is 0 Å². The van der Waals surface area contributed by atoms with Gasteiger partial charge in [-0.2, -0.15) is 0 Å². The molecule has 168 valence electrons. The van der Waals surface area contributed by atoms with E-state index in [4.69, 9.17) is 4.74 Å². The minimum atomic E-state index is 0.602. The van der Waals surface area contributed by atoms with Gasteiger partial charge < -0.3 is 9.64 Å². The Balaban J connectivity index is 1.20. The molecule has 0 bridgehead atoms. The summed E-state index contributed by atoms with van der Waals surface area (Å²) in [5.74, 6) is 1.78. The molecule has 0 N–H and O–H groups in total. The van der Waals surface area contributed by atoms with E-state index in [1.54, 1.807) is 0 Å². The number of likely N-dealkylation sites (tertiary alicyclic amines) is 1. The summed E-state index contributed by atoms with van der Waals surface area (Å²) in [6.07, 6.45) is 6.11. The molecule has 0 radical (unpaired) electrons. The molecule has 0 saturated carbocycles. The Labute approximate surface area is 189 Å². The lowest BCUT2D eigenvalue weighted by Gasteiger charge is -2.32. The molecule has 0 spiro atoms. The molecule has 2 aromatic rings. The average Bonchev–Trinajstić information content (AvgIpc) is 2.99. The van der Waals surface area contributed by atoms with Crippen LogP contribution in [0.3, 0.4) is 0 Å². The molecule has 3 heteroatoms. The van der Waals surface area contributed by atoms with Crippen molar-refractivity contribution in [3.63, 3.8) is 0 Å². The summed E-state index contributed by atoms with van der Waals surface area (Å²) < 4.78 is 6.16. The molecule has 3 nitrogen and oxygen atoms in total. The second-order valence-electron chi connectivity index (χ2n) is 9.83. The molecule has 4 rings (SSSR count). The second-order valence-corrected chi connectivity index (χ2v) is 9.83. The van der Waals surface area contributed by atoms with Gasteiger partial charge in [-0.05, 0) is 107 Å². The summed E-state index contributed by atoms with van der Waals surface area (Å²) >= 11 is 0. The normalized spacial score (nSPS) is 18.7. The highest BCUT2D eigenvalue weighted by molar-refractivity contribution is 5.36. The average molecular weight is 421 g/mol. The lowest BCUT2D eigenvalue weighted by atomic mass is 9.89. The minimum absolute atomic E-state index is 0.602. The Kier molecular flexibility index (Phi) is 7.68. The fraction of sp³-hybridized carbons (Fsp3) is 0.571. The van der Waals surface area contributed by atoms with Crippen molar-refractivity contribution in [2.75, 3.05) is 32.8 Å². The van der Waals surface area contributed by atoms with Crippen molar-refractivity contribution in [3.05, 3.63) is 64.7 Å². The number of hydrogen-bond donors (Lipinski definition) is 0. The zero-order valence-corrected chi connectivity index (χ0v) is 19.8. The first kappa shape index (κ1) is 22.4. The quantitative estimate of drug-likeness (QED) is 0.527. The number of hydrogen-bond acceptors (Lipinski definition) is 3. The predicted molar refractivity (Wildman–Crippen MR) is 130 cm³/mol. The summed E-state index contributed by atoms with van der Waals surface area (Å²) in [7, 11) is 0. The molecule has 0 atom stereocenters. The highest BCUT2D eigenvalue weighted by atomic mass is 16.5. The molecule has 1 fully saturated rings. The Morgan fingerprint density at radius 1 is 1.00 bits per heavy atom. The third kappa shape index (κ3) is 6.11. The van der Waals surface area contributed by atoms with Crippen LogP contribution in [0.15, 0.2) is 42.5 Å². The summed E-state index contributed by atoms with van der Waals surface area (Å²) in [5, 5.41) is 0. The van der Waals surface area contributed by atoms with Crippen LogP contribution < -0.4 is 4.74 Å². The van der Waals surface area contributed by atoms with Gasteiger partial charge in [0.1, 0.15) is 5.75 Å². The number of benzene rings is 2. The first-order valence-electron chi connectivity index (χ1n) is 12.4. The number of rotatable bonds is 7. The lowest BCUT2D eigenvalue weighted by Crippen LogP contribution is -2.34. The van der Waals surface area contributed by atoms with Gasteiger partial charge in [-0.25, -0.2) is 0 Å². The van der Waals surface area contributed by atoms with Gasteiger partial charge in [-0.15, -0.1) is 0 Å². The van der Waals surface area contributed by atoms with Crippen molar-refractivity contribution in [2.24, 2.45) is 0 Å². The van der Waals surface area contributed by atoms with Crippen LogP contribution in [0.25, 0.3) is 0 Å². The van der Waals surface area contributed by atoms with Crippen molar-refractivity contribution in [1.29, 1.82) is 0 Å². The third-order valence-electron chi connectivity index (χ3n) is 7.16. The summed E-state index contributed by atoms with van der Waals surface area (Å²) in [4.78, 5) is 5.20. The van der Waals surface area contributed by atoms with Crippen LogP contribution in [0, 0.1) is 6.92 Å². The number of aryl methyl sites for hydroxylation is 2. The van der Waals surface area contributed by atoms with Crippen LogP contribution in [0.1, 0.15) is 67.7 Å². The minimum Gasteiger partial charge on any atom is -0.494 e. The maximum Gasteiger partial charge on any atom is 0.119 e. The third-order valence-corrected chi connectivity index (χ3v) is 7.16. The Hall–Kier alpha value is -1.84. The molecule has 0 unspecified atom stereocenters. The summed E-state index contributed by atoms with van der Waals surface area (Å²) in [6, 6.07) is 16.5. The molecular formula is C28H40N2O. The molecule has 2 aromatic carbocycles. The van der Waals surface area contributed by atoms with Crippen LogP contribution in [0.4, 0.5) is 0 Å². The molecular weight excluding hydrogens is 380 g/mol. The molecule has 0 amide bonds. The van der Waals surface area contributed by atoms with Crippen molar-refractivity contribution in [1.82, 2.24) is 9.80 Å². The summed E-state index contributed by atoms with van der Waals surface area (Å²) in [5.41, 5.74) is 5.88. The van der Waals surface area contributed by atoms with E-state index in [-0.39, 0.29) is 0 Å². The number of fused-ring (bicyclic) bond motifs is 1. The Morgan fingerprint density at radius 3 is 2.61 bits per heavy atom. The van der Waals surface area contributed by atoms with E-state index in [1.165, 1.54) is 67.6 Å².